The van der Waals surface area contributed by atoms with Crippen LogP contribution in [0.4, 0.5) is 5.69 Å². The summed E-state index contributed by atoms with van der Waals surface area (Å²) in [7, 11) is 0. The van der Waals surface area contributed by atoms with Gasteiger partial charge in [-0.15, -0.1) is 0 Å². The maximum atomic E-state index is 10.9. The van der Waals surface area contributed by atoms with E-state index in [9.17, 15) is 10.1 Å². The number of benzene rings is 1. The molecule has 0 fully saturated rings. The standard InChI is InChI=1S/C12H14N4O3/c1-8(2)13-7-11-14-12(15-19-11)9-5-3-4-6-10(9)16(17)18/h3-6,8,13H,7H2,1-2H3. The second kappa shape index (κ2) is 5.57. The first-order chi connectivity index (χ1) is 9.08. The molecule has 19 heavy (non-hydrogen) atoms. The maximum Gasteiger partial charge on any atom is 0.280 e. The van der Waals surface area contributed by atoms with Crippen LogP contribution in [0.25, 0.3) is 11.4 Å². The highest BCUT2D eigenvalue weighted by molar-refractivity contribution is 5.67. The third-order valence-electron chi connectivity index (χ3n) is 2.47. The molecular weight excluding hydrogens is 248 g/mol. The molecule has 1 heterocycles. The molecule has 7 nitrogen and oxygen atoms in total. The molecule has 1 aromatic carbocycles. The second-order valence-electron chi connectivity index (χ2n) is 4.32. The van der Waals surface area contributed by atoms with Crippen molar-refractivity contribution in [2.75, 3.05) is 0 Å². The van der Waals surface area contributed by atoms with Crippen LogP contribution >= 0.6 is 0 Å². The number of nitrogens with zero attached hydrogens (tertiary/aromatic N) is 3. The van der Waals surface area contributed by atoms with Crippen LogP contribution in [0.3, 0.4) is 0 Å². The molecule has 0 amide bonds. The predicted octanol–water partition coefficient (Wildman–Crippen LogP) is 2.14. The largest absolute Gasteiger partial charge is 0.338 e. The van der Waals surface area contributed by atoms with Crippen molar-refractivity contribution < 1.29 is 9.45 Å². The monoisotopic (exact) mass is 262 g/mol. The molecule has 0 saturated heterocycles. The molecule has 7 heteroatoms. The van der Waals surface area contributed by atoms with Crippen LogP contribution in [0.1, 0.15) is 19.7 Å². The van der Waals surface area contributed by atoms with E-state index >= 15 is 0 Å². The van der Waals surface area contributed by atoms with Crippen molar-refractivity contribution in [1.82, 2.24) is 15.5 Å². The summed E-state index contributed by atoms with van der Waals surface area (Å²) in [5.41, 5.74) is 0.318. The Labute approximate surface area is 109 Å². The lowest BCUT2D eigenvalue weighted by Crippen LogP contribution is -2.21. The number of hydrogen-bond acceptors (Lipinski definition) is 6. The van der Waals surface area contributed by atoms with E-state index in [-0.39, 0.29) is 11.5 Å². The van der Waals surface area contributed by atoms with Gasteiger partial charge in [0.1, 0.15) is 5.56 Å². The molecule has 0 radical (unpaired) electrons. The summed E-state index contributed by atoms with van der Waals surface area (Å²) in [5.74, 6) is 0.634. The average molecular weight is 262 g/mol. The van der Waals surface area contributed by atoms with E-state index in [1.165, 1.54) is 6.07 Å². The Morgan fingerprint density at radius 2 is 2.16 bits per heavy atom. The minimum Gasteiger partial charge on any atom is -0.338 e. The fourth-order valence-electron chi connectivity index (χ4n) is 1.55. The molecule has 0 spiro atoms. The van der Waals surface area contributed by atoms with Crippen LogP contribution < -0.4 is 5.32 Å². The Bertz CT molecular complexity index is 580. The molecule has 0 aliphatic rings. The Balaban J connectivity index is 2.25. The smallest absolute Gasteiger partial charge is 0.280 e. The molecule has 0 aliphatic heterocycles. The van der Waals surface area contributed by atoms with Crippen LogP contribution in [0.5, 0.6) is 0 Å². The van der Waals surface area contributed by atoms with E-state index in [0.29, 0.717) is 24.0 Å². The van der Waals surface area contributed by atoms with Gasteiger partial charge in [0, 0.05) is 12.1 Å². The number of para-hydroxylation sites is 1. The molecule has 0 aliphatic carbocycles. The molecule has 100 valence electrons. The highest BCUT2D eigenvalue weighted by atomic mass is 16.6. The van der Waals surface area contributed by atoms with Gasteiger partial charge in [-0.05, 0) is 6.07 Å². The second-order valence-corrected chi connectivity index (χ2v) is 4.32. The molecule has 1 N–H and O–H groups in total. The van der Waals surface area contributed by atoms with Crippen LogP contribution in [0.2, 0.25) is 0 Å². The van der Waals surface area contributed by atoms with E-state index in [1.807, 2.05) is 13.8 Å². The van der Waals surface area contributed by atoms with Gasteiger partial charge < -0.3 is 9.84 Å². The van der Waals surface area contributed by atoms with E-state index < -0.39 is 4.92 Å². The molecule has 0 bridgehead atoms. The lowest BCUT2D eigenvalue weighted by Gasteiger charge is -2.02. The van der Waals surface area contributed by atoms with Gasteiger partial charge in [-0.1, -0.05) is 31.1 Å². The summed E-state index contributed by atoms with van der Waals surface area (Å²) >= 11 is 0. The van der Waals surface area contributed by atoms with Crippen LogP contribution in [-0.4, -0.2) is 21.1 Å². The topological polar surface area (TPSA) is 94.1 Å². The number of nitrogens with one attached hydrogen (secondary N) is 1. The molecule has 2 aromatic rings. The molecule has 0 unspecified atom stereocenters. The van der Waals surface area contributed by atoms with Crippen LogP contribution in [-0.2, 0) is 6.54 Å². The van der Waals surface area contributed by atoms with Crippen molar-refractivity contribution in [3.05, 3.63) is 40.3 Å². The number of rotatable bonds is 5. The quantitative estimate of drug-likeness (QED) is 0.655. The lowest BCUT2D eigenvalue weighted by atomic mass is 10.2. The summed E-state index contributed by atoms with van der Waals surface area (Å²) in [6.07, 6.45) is 0. The van der Waals surface area contributed by atoms with Gasteiger partial charge in [0.25, 0.3) is 5.69 Å². The number of hydrogen-bond donors (Lipinski definition) is 1. The van der Waals surface area contributed by atoms with Crippen LogP contribution in [0.15, 0.2) is 28.8 Å². The minimum absolute atomic E-state index is 0.0355. The van der Waals surface area contributed by atoms with Crippen molar-refractivity contribution in [1.29, 1.82) is 0 Å². The number of nitro groups is 1. The van der Waals surface area contributed by atoms with Gasteiger partial charge >= 0.3 is 0 Å². The van der Waals surface area contributed by atoms with Gasteiger partial charge in [0.15, 0.2) is 0 Å². The van der Waals surface area contributed by atoms with Crippen molar-refractivity contribution >= 4 is 5.69 Å². The zero-order chi connectivity index (χ0) is 13.8. The van der Waals surface area contributed by atoms with E-state index in [1.54, 1.807) is 18.2 Å². The Kier molecular flexibility index (Phi) is 3.86. The van der Waals surface area contributed by atoms with Gasteiger partial charge in [-0.2, -0.15) is 4.98 Å². The van der Waals surface area contributed by atoms with E-state index in [2.05, 4.69) is 15.5 Å². The Morgan fingerprint density at radius 1 is 1.42 bits per heavy atom. The Morgan fingerprint density at radius 3 is 2.84 bits per heavy atom. The predicted molar refractivity (Wildman–Crippen MR) is 68.4 cm³/mol. The first-order valence-corrected chi connectivity index (χ1v) is 5.87. The first kappa shape index (κ1) is 13.2. The van der Waals surface area contributed by atoms with Crippen molar-refractivity contribution in [3.8, 4) is 11.4 Å². The average Bonchev–Trinajstić information content (AvgIpc) is 2.85. The zero-order valence-electron chi connectivity index (χ0n) is 10.7. The minimum atomic E-state index is -0.461. The van der Waals surface area contributed by atoms with Crippen LogP contribution in [0, 0.1) is 10.1 Å². The van der Waals surface area contributed by atoms with Crippen molar-refractivity contribution in [3.63, 3.8) is 0 Å². The maximum absolute atomic E-state index is 10.9. The summed E-state index contributed by atoms with van der Waals surface area (Å²) in [6.45, 7) is 4.43. The van der Waals surface area contributed by atoms with Gasteiger partial charge in [0.05, 0.1) is 11.5 Å². The fourth-order valence-corrected chi connectivity index (χ4v) is 1.55. The fraction of sp³-hybridized carbons (Fsp3) is 0.333. The van der Waals surface area contributed by atoms with E-state index in [0.717, 1.165) is 0 Å². The van der Waals surface area contributed by atoms with E-state index in [4.69, 9.17) is 4.52 Å². The van der Waals surface area contributed by atoms with Crippen molar-refractivity contribution in [2.45, 2.75) is 26.4 Å². The third-order valence-corrected chi connectivity index (χ3v) is 2.47. The normalized spacial score (nSPS) is 10.9. The number of nitro benzene ring substituents is 1. The highest BCUT2D eigenvalue weighted by Gasteiger charge is 2.19. The zero-order valence-corrected chi connectivity index (χ0v) is 10.7. The van der Waals surface area contributed by atoms with Gasteiger partial charge in [-0.3, -0.25) is 10.1 Å². The Hall–Kier alpha value is -2.28. The first-order valence-electron chi connectivity index (χ1n) is 5.87. The molecule has 0 saturated carbocycles. The SMILES string of the molecule is CC(C)NCc1nc(-c2ccccc2[N+](=O)[O-])no1. The summed E-state index contributed by atoms with van der Waals surface area (Å²) < 4.78 is 5.06. The van der Waals surface area contributed by atoms with Crippen molar-refractivity contribution in [2.24, 2.45) is 0 Å². The molecule has 2 rings (SSSR count). The highest BCUT2D eigenvalue weighted by Crippen LogP contribution is 2.26. The van der Waals surface area contributed by atoms with Gasteiger partial charge in [0.2, 0.25) is 11.7 Å². The molecule has 1 aromatic heterocycles. The number of aromatic nitrogens is 2. The third kappa shape index (κ3) is 3.14. The summed E-state index contributed by atoms with van der Waals surface area (Å²) in [5, 5.41) is 17.8. The summed E-state index contributed by atoms with van der Waals surface area (Å²) in [4.78, 5) is 14.6. The molecular formula is C12H14N4O3. The lowest BCUT2D eigenvalue weighted by molar-refractivity contribution is -0.384. The summed E-state index contributed by atoms with van der Waals surface area (Å²) in [6, 6.07) is 6.61. The van der Waals surface area contributed by atoms with Gasteiger partial charge in [-0.25, -0.2) is 0 Å². The molecule has 0 atom stereocenters.